The van der Waals surface area contributed by atoms with E-state index in [0.29, 0.717) is 29.7 Å². The third-order valence-corrected chi connectivity index (χ3v) is 8.87. The molecule has 1 unspecified atom stereocenters. The first kappa shape index (κ1) is 25.6. The number of nitrogens with zero attached hydrogens (tertiary/aromatic N) is 6. The molecular formula is C29H36N8O3. The van der Waals surface area contributed by atoms with Crippen LogP contribution in [0, 0.1) is 5.92 Å². The van der Waals surface area contributed by atoms with Crippen LogP contribution in [0.1, 0.15) is 64.6 Å². The third-order valence-electron chi connectivity index (χ3n) is 8.87. The number of nitrogens with two attached hydrogens (primary N) is 1. The number of nitrogen functional groups attached to an aromatic ring is 1. The molecule has 1 aromatic carbocycles. The van der Waals surface area contributed by atoms with Crippen LogP contribution in [0.3, 0.4) is 0 Å². The average molecular weight is 545 g/mol. The topological polar surface area (TPSA) is 137 Å². The van der Waals surface area contributed by atoms with E-state index in [9.17, 15) is 4.79 Å². The van der Waals surface area contributed by atoms with Crippen molar-refractivity contribution < 1.29 is 14.3 Å². The van der Waals surface area contributed by atoms with E-state index >= 15 is 0 Å². The van der Waals surface area contributed by atoms with Crippen molar-refractivity contribution in [1.82, 2.24) is 34.4 Å². The number of hydrogen-bond acceptors (Lipinski definition) is 9. The minimum atomic E-state index is -0.834. The molecule has 0 spiro atoms. The Morgan fingerprint density at radius 2 is 1.98 bits per heavy atom. The van der Waals surface area contributed by atoms with E-state index in [0.717, 1.165) is 42.5 Å². The first-order valence-corrected chi connectivity index (χ1v) is 14.2. The van der Waals surface area contributed by atoms with Crippen LogP contribution in [0.2, 0.25) is 0 Å². The van der Waals surface area contributed by atoms with Gasteiger partial charge in [0.1, 0.15) is 36.1 Å². The number of carbonyl (C=O) groups is 1. The van der Waals surface area contributed by atoms with Crippen LogP contribution < -0.4 is 5.73 Å². The summed E-state index contributed by atoms with van der Waals surface area (Å²) in [4.78, 5) is 36.5. The highest BCUT2D eigenvalue weighted by Crippen LogP contribution is 2.41. The summed E-state index contributed by atoms with van der Waals surface area (Å²) in [6.07, 6.45) is 5.26. The Balaban J connectivity index is 0.962. The maximum Gasteiger partial charge on any atom is 0.213 e. The summed E-state index contributed by atoms with van der Waals surface area (Å²) >= 11 is 0. The number of nitrogens with one attached hydrogen (secondary N) is 1. The molecule has 7 rings (SSSR count). The molecule has 40 heavy (non-hydrogen) atoms. The highest BCUT2D eigenvalue weighted by atomic mass is 16.6. The molecule has 11 heteroatoms. The molecule has 1 aliphatic carbocycles. The molecule has 0 amide bonds. The molecule has 4 aromatic rings. The van der Waals surface area contributed by atoms with Gasteiger partial charge in [-0.05, 0) is 55.2 Å². The van der Waals surface area contributed by atoms with Gasteiger partial charge in [-0.25, -0.2) is 19.9 Å². The number of anilines is 1. The smallest absolute Gasteiger partial charge is 0.213 e. The molecule has 1 saturated carbocycles. The van der Waals surface area contributed by atoms with Crippen molar-refractivity contribution in [2.45, 2.75) is 89.5 Å². The number of hydrogen-bond donors (Lipinski definition) is 2. The molecule has 0 bridgehead atoms. The van der Waals surface area contributed by atoms with Gasteiger partial charge in [0.05, 0.1) is 17.4 Å². The van der Waals surface area contributed by atoms with Crippen molar-refractivity contribution in [1.29, 1.82) is 0 Å². The Hall–Kier alpha value is -3.41. The number of Topliss-reactive ketones (excluding diaryl/α,β-unsaturated/α-hetero) is 1. The van der Waals surface area contributed by atoms with E-state index in [1.807, 2.05) is 6.92 Å². The second-order valence-corrected chi connectivity index (χ2v) is 12.6. The lowest BCUT2D eigenvalue weighted by Gasteiger charge is -2.49. The third kappa shape index (κ3) is 4.27. The second-order valence-electron chi connectivity index (χ2n) is 12.6. The molecule has 3 N–H and O–H groups in total. The van der Waals surface area contributed by atoms with Gasteiger partial charge in [0, 0.05) is 19.0 Å². The molecular weight excluding hydrogens is 508 g/mol. The number of aromatic amines is 1. The Morgan fingerprint density at radius 1 is 1.15 bits per heavy atom. The molecule has 3 fully saturated rings. The summed E-state index contributed by atoms with van der Waals surface area (Å²) in [5.74, 6) is 1.87. The molecule has 5 heterocycles. The van der Waals surface area contributed by atoms with Crippen molar-refractivity contribution in [3.05, 3.63) is 42.2 Å². The van der Waals surface area contributed by atoms with E-state index in [4.69, 9.17) is 20.2 Å². The zero-order chi connectivity index (χ0) is 27.8. The van der Waals surface area contributed by atoms with Gasteiger partial charge in [-0.3, -0.25) is 14.3 Å². The zero-order valence-corrected chi connectivity index (χ0v) is 23.4. The summed E-state index contributed by atoms with van der Waals surface area (Å²) in [7, 11) is 0. The van der Waals surface area contributed by atoms with Crippen molar-refractivity contribution >= 4 is 33.8 Å². The number of ketones is 1. The minimum Gasteiger partial charge on any atom is -0.382 e. The van der Waals surface area contributed by atoms with Gasteiger partial charge in [0.2, 0.25) is 5.78 Å². The summed E-state index contributed by atoms with van der Waals surface area (Å²) in [6.45, 7) is 9.39. The Labute approximate surface area is 232 Å². The standard InChI is InChI=1S/C29H36N8O3/c1-15-36(12-21-25(39-15)24(38)28(40-21)37-14-33-23-26(30)31-13-32-27(23)37)18-9-16(10-18)5-8-22-34-19-7-6-17(29(2,3)4)11-20(19)35-22/h6-7,11,13-16,18,21,25,28H,5,8-10,12H2,1-4H3,(H,34,35)(H2,30,31,32)/t15?,16?,18?,21-,25-,28-/m1/s1. The summed E-state index contributed by atoms with van der Waals surface area (Å²) in [5, 5.41) is 0. The van der Waals surface area contributed by atoms with E-state index in [1.54, 1.807) is 10.9 Å². The maximum absolute atomic E-state index is 13.3. The highest BCUT2D eigenvalue weighted by molar-refractivity contribution is 5.90. The Morgan fingerprint density at radius 3 is 2.77 bits per heavy atom. The Kier molecular flexibility index (Phi) is 5.95. The zero-order valence-electron chi connectivity index (χ0n) is 23.4. The number of fused-ring (bicyclic) bond motifs is 3. The normalized spacial score (nSPS) is 29.2. The lowest BCUT2D eigenvalue weighted by atomic mass is 9.76. The number of H-pyrrole nitrogens is 1. The maximum atomic E-state index is 13.3. The summed E-state index contributed by atoms with van der Waals surface area (Å²) in [5.41, 5.74) is 10.4. The minimum absolute atomic E-state index is 0.111. The van der Waals surface area contributed by atoms with Crippen molar-refractivity contribution in [3.8, 4) is 0 Å². The van der Waals surface area contributed by atoms with Crippen LogP contribution in [-0.4, -0.2) is 71.2 Å². The fraction of sp³-hybridized carbons (Fsp3) is 0.552. The number of aromatic nitrogens is 6. The molecule has 0 radical (unpaired) electrons. The number of imidazole rings is 2. The molecule has 3 aliphatic rings. The van der Waals surface area contributed by atoms with Crippen LogP contribution in [0.5, 0.6) is 0 Å². The quantitative estimate of drug-likeness (QED) is 0.387. The number of ether oxygens (including phenoxy) is 2. The lowest BCUT2D eigenvalue weighted by molar-refractivity contribution is -0.192. The van der Waals surface area contributed by atoms with Crippen LogP contribution in [-0.2, 0) is 26.1 Å². The largest absolute Gasteiger partial charge is 0.382 e. The molecule has 3 aromatic heterocycles. The molecule has 2 aliphatic heterocycles. The van der Waals surface area contributed by atoms with Gasteiger partial charge >= 0.3 is 0 Å². The van der Waals surface area contributed by atoms with Crippen LogP contribution in [0.4, 0.5) is 5.82 Å². The fourth-order valence-corrected chi connectivity index (χ4v) is 6.45. The van der Waals surface area contributed by atoms with E-state index in [-0.39, 0.29) is 29.3 Å². The van der Waals surface area contributed by atoms with Crippen molar-refractivity contribution in [2.75, 3.05) is 12.3 Å². The van der Waals surface area contributed by atoms with Gasteiger partial charge in [-0.2, -0.15) is 0 Å². The van der Waals surface area contributed by atoms with Crippen molar-refractivity contribution in [3.63, 3.8) is 0 Å². The van der Waals surface area contributed by atoms with Crippen LogP contribution in [0.15, 0.2) is 30.9 Å². The highest BCUT2D eigenvalue weighted by Gasteiger charge is 2.52. The number of rotatable bonds is 5. The Bertz CT molecular complexity index is 1580. The number of carbonyl (C=O) groups excluding carboxylic acids is 1. The van der Waals surface area contributed by atoms with Gasteiger partial charge in [0.15, 0.2) is 17.7 Å². The van der Waals surface area contributed by atoms with Gasteiger partial charge < -0.3 is 20.2 Å². The van der Waals surface area contributed by atoms with Gasteiger partial charge in [0.25, 0.3) is 0 Å². The first-order chi connectivity index (χ1) is 19.2. The second kappa shape index (κ2) is 9.32. The van der Waals surface area contributed by atoms with Crippen LogP contribution >= 0.6 is 0 Å². The lowest BCUT2D eigenvalue weighted by Crippen LogP contribution is -2.59. The number of benzene rings is 1. The predicted octanol–water partition coefficient (Wildman–Crippen LogP) is 3.51. The molecule has 4 atom stereocenters. The average Bonchev–Trinajstić information content (AvgIpc) is 3.58. The SMILES string of the molecule is CC1O[C@H]2C(=O)[C@H](n3cnc4c(N)ncnc43)O[C@@H]2CN1C1CC(CCc2nc3ccc(C(C)(C)C)cc3[nH]2)C1. The molecule has 2 saturated heterocycles. The van der Waals surface area contributed by atoms with E-state index < -0.39 is 12.3 Å². The number of aryl methyl sites for hydroxylation is 1. The summed E-state index contributed by atoms with van der Waals surface area (Å²) < 4.78 is 14.1. The fourth-order valence-electron chi connectivity index (χ4n) is 6.45. The summed E-state index contributed by atoms with van der Waals surface area (Å²) in [6, 6.07) is 6.96. The van der Waals surface area contributed by atoms with Gasteiger partial charge in [-0.15, -0.1) is 0 Å². The monoisotopic (exact) mass is 544 g/mol. The van der Waals surface area contributed by atoms with Crippen LogP contribution in [0.25, 0.3) is 22.2 Å². The molecule has 210 valence electrons. The van der Waals surface area contributed by atoms with E-state index in [2.05, 4.69) is 63.8 Å². The van der Waals surface area contributed by atoms with E-state index in [1.165, 1.54) is 11.9 Å². The molecule has 11 nitrogen and oxygen atoms in total. The first-order valence-electron chi connectivity index (χ1n) is 14.2. The predicted molar refractivity (Wildman–Crippen MR) is 149 cm³/mol. The van der Waals surface area contributed by atoms with Gasteiger partial charge in [-0.1, -0.05) is 26.8 Å². The van der Waals surface area contributed by atoms with Crippen molar-refractivity contribution in [2.24, 2.45) is 5.92 Å².